The molecule has 5 heteroatoms. The van der Waals surface area contributed by atoms with E-state index in [0.717, 1.165) is 43.1 Å². The van der Waals surface area contributed by atoms with Gasteiger partial charge in [-0.05, 0) is 45.1 Å². The first-order valence-corrected chi connectivity index (χ1v) is 7.66. The fourth-order valence-corrected chi connectivity index (χ4v) is 2.82. The number of hydrogen-bond donors (Lipinski definition) is 1. The molecule has 0 bridgehead atoms. The third-order valence-corrected chi connectivity index (χ3v) is 4.64. The molecule has 1 saturated heterocycles. The average Bonchev–Trinajstić information content (AvgIpc) is 3.24. The Morgan fingerprint density at radius 2 is 2.05 bits per heavy atom. The van der Waals surface area contributed by atoms with Gasteiger partial charge in [0, 0.05) is 31.9 Å². The fraction of sp³-hybridized carbons (Fsp3) is 0.733. The predicted molar refractivity (Wildman–Crippen MR) is 77.6 cm³/mol. The van der Waals surface area contributed by atoms with Gasteiger partial charge in [-0.25, -0.2) is 0 Å². The molecule has 1 N–H and O–H groups in total. The van der Waals surface area contributed by atoms with Gasteiger partial charge in [-0.2, -0.15) is 5.10 Å². The van der Waals surface area contributed by atoms with E-state index in [9.17, 15) is 4.79 Å². The van der Waals surface area contributed by atoms with Gasteiger partial charge in [0.25, 0.3) is 5.91 Å². The molecule has 0 aromatic carbocycles. The van der Waals surface area contributed by atoms with Crippen molar-refractivity contribution in [1.82, 2.24) is 20.0 Å². The molecule has 1 amide bonds. The highest BCUT2D eigenvalue weighted by Crippen LogP contribution is 2.28. The lowest BCUT2D eigenvalue weighted by Gasteiger charge is -2.32. The Kier molecular flexibility index (Phi) is 3.78. The molecule has 1 aliphatic carbocycles. The number of rotatable bonds is 4. The Hall–Kier alpha value is -1.36. The minimum absolute atomic E-state index is 0.135. The number of amides is 1. The molecule has 1 aliphatic heterocycles. The largest absolute Gasteiger partial charge is 0.338 e. The van der Waals surface area contributed by atoms with Gasteiger partial charge in [-0.1, -0.05) is 0 Å². The standard InChI is InChI=1S/C15H24N4O/c1-11-14(10-17-18(11)2)15(20)19-7-5-13(6-8-19)16-9-12-3-4-12/h10,12-13,16H,3-9H2,1-2H3. The second-order valence-corrected chi connectivity index (χ2v) is 6.19. The smallest absolute Gasteiger partial charge is 0.257 e. The van der Waals surface area contributed by atoms with Crippen molar-refractivity contribution in [3.63, 3.8) is 0 Å². The lowest BCUT2D eigenvalue weighted by Crippen LogP contribution is -2.45. The third kappa shape index (κ3) is 2.87. The van der Waals surface area contributed by atoms with Crippen LogP contribution in [0.1, 0.15) is 41.7 Å². The molecule has 3 rings (SSSR count). The summed E-state index contributed by atoms with van der Waals surface area (Å²) in [6.07, 6.45) is 6.61. The summed E-state index contributed by atoms with van der Waals surface area (Å²) in [5.41, 5.74) is 1.70. The Balaban J connectivity index is 1.52. The number of hydrogen-bond acceptors (Lipinski definition) is 3. The molecule has 20 heavy (non-hydrogen) atoms. The second kappa shape index (κ2) is 5.56. The van der Waals surface area contributed by atoms with Crippen LogP contribution in [0.2, 0.25) is 0 Å². The van der Waals surface area contributed by atoms with Gasteiger partial charge < -0.3 is 10.2 Å². The SMILES string of the molecule is Cc1c(C(=O)N2CCC(NCC3CC3)CC2)cnn1C. The molecule has 1 saturated carbocycles. The highest BCUT2D eigenvalue weighted by molar-refractivity contribution is 5.95. The second-order valence-electron chi connectivity index (χ2n) is 6.19. The lowest BCUT2D eigenvalue weighted by atomic mass is 10.0. The van der Waals surface area contributed by atoms with Crippen molar-refractivity contribution in [2.24, 2.45) is 13.0 Å². The maximum atomic E-state index is 12.5. The summed E-state index contributed by atoms with van der Waals surface area (Å²) in [5.74, 6) is 1.06. The Labute approximate surface area is 120 Å². The van der Waals surface area contributed by atoms with Gasteiger partial charge in [-0.3, -0.25) is 9.48 Å². The Bertz CT molecular complexity index is 484. The number of aromatic nitrogens is 2. The number of nitrogens with one attached hydrogen (secondary N) is 1. The highest BCUT2D eigenvalue weighted by Gasteiger charge is 2.27. The number of carbonyl (C=O) groups excluding carboxylic acids is 1. The summed E-state index contributed by atoms with van der Waals surface area (Å²) < 4.78 is 1.76. The molecule has 1 aromatic heterocycles. The molecular formula is C15H24N4O. The van der Waals surface area contributed by atoms with Gasteiger partial charge in [0.2, 0.25) is 0 Å². The maximum absolute atomic E-state index is 12.5. The summed E-state index contributed by atoms with van der Waals surface area (Å²) in [6.45, 7) is 4.83. The van der Waals surface area contributed by atoms with E-state index in [0.29, 0.717) is 6.04 Å². The van der Waals surface area contributed by atoms with Crippen LogP contribution in [0.5, 0.6) is 0 Å². The molecule has 0 spiro atoms. The van der Waals surface area contributed by atoms with Crippen molar-refractivity contribution < 1.29 is 4.79 Å². The van der Waals surface area contributed by atoms with Crippen molar-refractivity contribution in [2.45, 2.75) is 38.6 Å². The van der Waals surface area contributed by atoms with Gasteiger partial charge in [0.05, 0.1) is 11.8 Å². The average molecular weight is 276 g/mol. The number of piperidine rings is 1. The monoisotopic (exact) mass is 276 g/mol. The van der Waals surface area contributed by atoms with Crippen LogP contribution in [0.15, 0.2) is 6.20 Å². The number of likely N-dealkylation sites (tertiary alicyclic amines) is 1. The summed E-state index contributed by atoms with van der Waals surface area (Å²) in [7, 11) is 1.88. The maximum Gasteiger partial charge on any atom is 0.257 e. The predicted octanol–water partition coefficient (Wildman–Crippen LogP) is 1.33. The molecule has 1 aromatic rings. The van der Waals surface area contributed by atoms with Gasteiger partial charge >= 0.3 is 0 Å². The fourth-order valence-electron chi connectivity index (χ4n) is 2.82. The van der Waals surface area contributed by atoms with E-state index in [-0.39, 0.29) is 5.91 Å². The van der Waals surface area contributed by atoms with Gasteiger partial charge in [0.1, 0.15) is 0 Å². The molecule has 2 fully saturated rings. The van der Waals surface area contributed by atoms with Gasteiger partial charge in [0.15, 0.2) is 0 Å². The van der Waals surface area contributed by atoms with E-state index in [4.69, 9.17) is 0 Å². The normalized spacial score (nSPS) is 20.4. The van der Waals surface area contributed by atoms with Crippen LogP contribution >= 0.6 is 0 Å². The zero-order valence-electron chi connectivity index (χ0n) is 12.4. The molecule has 2 heterocycles. The molecule has 0 unspecified atom stereocenters. The molecular weight excluding hydrogens is 252 g/mol. The highest BCUT2D eigenvalue weighted by atomic mass is 16.2. The van der Waals surface area contributed by atoms with E-state index < -0.39 is 0 Å². The van der Waals surface area contributed by atoms with E-state index in [1.807, 2.05) is 18.9 Å². The third-order valence-electron chi connectivity index (χ3n) is 4.64. The first kappa shape index (κ1) is 13.6. The van der Waals surface area contributed by atoms with E-state index in [2.05, 4.69) is 10.4 Å². The van der Waals surface area contributed by atoms with Gasteiger partial charge in [-0.15, -0.1) is 0 Å². The molecule has 5 nitrogen and oxygen atoms in total. The van der Waals surface area contributed by atoms with Crippen molar-refractivity contribution in [2.75, 3.05) is 19.6 Å². The van der Waals surface area contributed by atoms with Crippen molar-refractivity contribution >= 4 is 5.91 Å². The Morgan fingerprint density at radius 3 is 2.60 bits per heavy atom. The van der Waals surface area contributed by atoms with E-state index in [1.165, 1.54) is 19.4 Å². The topological polar surface area (TPSA) is 50.2 Å². The zero-order chi connectivity index (χ0) is 14.1. The molecule has 0 radical (unpaired) electrons. The van der Waals surface area contributed by atoms with Crippen LogP contribution in [0.3, 0.4) is 0 Å². The van der Waals surface area contributed by atoms with Crippen molar-refractivity contribution in [3.05, 3.63) is 17.5 Å². The zero-order valence-corrected chi connectivity index (χ0v) is 12.4. The summed E-state index contributed by atoms with van der Waals surface area (Å²) >= 11 is 0. The van der Waals surface area contributed by atoms with Crippen LogP contribution in [0.4, 0.5) is 0 Å². The van der Waals surface area contributed by atoms with Crippen LogP contribution in [-0.4, -0.2) is 46.3 Å². The first-order chi connectivity index (χ1) is 9.65. The number of nitrogens with zero attached hydrogens (tertiary/aromatic N) is 3. The minimum atomic E-state index is 0.135. The summed E-state index contributed by atoms with van der Waals surface area (Å²) in [6, 6.07) is 0.592. The van der Waals surface area contributed by atoms with Crippen molar-refractivity contribution in [3.8, 4) is 0 Å². The van der Waals surface area contributed by atoms with E-state index in [1.54, 1.807) is 10.9 Å². The Morgan fingerprint density at radius 1 is 1.35 bits per heavy atom. The number of carbonyl (C=O) groups is 1. The molecule has 110 valence electrons. The van der Waals surface area contributed by atoms with Crippen molar-refractivity contribution in [1.29, 1.82) is 0 Å². The number of aryl methyl sites for hydroxylation is 1. The lowest BCUT2D eigenvalue weighted by molar-refractivity contribution is 0.0704. The molecule has 0 atom stereocenters. The first-order valence-electron chi connectivity index (χ1n) is 7.66. The van der Waals surface area contributed by atoms with E-state index >= 15 is 0 Å². The van der Waals surface area contributed by atoms with Crippen LogP contribution in [0.25, 0.3) is 0 Å². The minimum Gasteiger partial charge on any atom is -0.338 e. The summed E-state index contributed by atoms with van der Waals surface area (Å²) in [5, 5.41) is 7.80. The van der Waals surface area contributed by atoms with Crippen LogP contribution in [0, 0.1) is 12.8 Å². The molecule has 2 aliphatic rings. The van der Waals surface area contributed by atoms with Crippen LogP contribution in [-0.2, 0) is 7.05 Å². The quantitative estimate of drug-likeness (QED) is 0.902. The summed E-state index contributed by atoms with van der Waals surface area (Å²) in [4.78, 5) is 14.4. The van der Waals surface area contributed by atoms with Crippen LogP contribution < -0.4 is 5.32 Å².